The summed E-state index contributed by atoms with van der Waals surface area (Å²) in [5, 5.41) is 15.8. The van der Waals surface area contributed by atoms with Crippen molar-refractivity contribution in [2.75, 3.05) is 32.1 Å². The molecule has 0 spiro atoms. The molecule has 10 nitrogen and oxygen atoms in total. The van der Waals surface area contributed by atoms with Gasteiger partial charge in [0.15, 0.2) is 5.75 Å². The lowest BCUT2D eigenvalue weighted by molar-refractivity contribution is 0.0389. The first-order valence-electron chi connectivity index (χ1n) is 14.3. The van der Waals surface area contributed by atoms with Crippen LogP contribution in [0.3, 0.4) is 0 Å². The molecule has 3 N–H and O–H groups in total. The lowest BCUT2D eigenvalue weighted by Crippen LogP contribution is -2.50. The molecule has 0 aromatic heterocycles. The number of urea groups is 1. The zero-order valence-electron chi connectivity index (χ0n) is 24.3. The molecule has 3 amide bonds. The lowest BCUT2D eigenvalue weighted by atomic mass is 9.96. The van der Waals surface area contributed by atoms with Crippen LogP contribution in [0.2, 0.25) is 0 Å². The maximum Gasteiger partial charge on any atom is 0.319 e. The third kappa shape index (κ3) is 7.20. The first-order chi connectivity index (χ1) is 19.5. The van der Waals surface area contributed by atoms with Crippen LogP contribution in [-0.2, 0) is 10.0 Å². The molecule has 1 aliphatic carbocycles. The second kappa shape index (κ2) is 13.2. The summed E-state index contributed by atoms with van der Waals surface area (Å²) in [6, 6.07) is 10.9. The smallest absolute Gasteiger partial charge is 0.319 e. The standard InChI is InChI=1S/C30H42N4O6S/c1-20-13-15-24(16-14-20)41(38,39)33(4)18-27-21(2)17-34(22(3)19-35)29(36)25-11-8-12-26(28(25)40-27)32-30(37)31-23-9-6-5-7-10-23/h8,11-16,21-23,27,35H,5-7,9-10,17-19H2,1-4H3,(H2,31,32,37)/t21-,22+,27+/m0/s1. The van der Waals surface area contributed by atoms with Crippen LogP contribution in [0.1, 0.15) is 61.9 Å². The van der Waals surface area contributed by atoms with E-state index in [1.807, 2.05) is 13.8 Å². The first kappa shape index (κ1) is 30.8. The van der Waals surface area contributed by atoms with Crippen molar-refractivity contribution in [2.45, 2.75) is 76.0 Å². The van der Waals surface area contributed by atoms with E-state index in [0.29, 0.717) is 5.69 Å². The highest BCUT2D eigenvalue weighted by molar-refractivity contribution is 7.89. The van der Waals surface area contributed by atoms with Gasteiger partial charge < -0.3 is 25.4 Å². The molecule has 0 bridgehead atoms. The van der Waals surface area contributed by atoms with Crippen molar-refractivity contribution >= 4 is 27.6 Å². The van der Waals surface area contributed by atoms with Gasteiger partial charge in [-0.05, 0) is 51.0 Å². The Morgan fingerprint density at radius 1 is 1.15 bits per heavy atom. The lowest BCUT2D eigenvalue weighted by Gasteiger charge is -2.38. The zero-order chi connectivity index (χ0) is 29.7. The van der Waals surface area contributed by atoms with Crippen molar-refractivity contribution < 1.29 is 27.9 Å². The van der Waals surface area contributed by atoms with Gasteiger partial charge in [-0.15, -0.1) is 0 Å². The minimum absolute atomic E-state index is 0.00889. The molecule has 0 saturated heterocycles. The Bertz CT molecular complexity index is 1330. The van der Waals surface area contributed by atoms with E-state index in [1.54, 1.807) is 54.3 Å². The van der Waals surface area contributed by atoms with Crippen LogP contribution in [0.4, 0.5) is 10.5 Å². The largest absolute Gasteiger partial charge is 0.486 e. The van der Waals surface area contributed by atoms with Crippen molar-refractivity contribution in [3.05, 3.63) is 53.6 Å². The van der Waals surface area contributed by atoms with Gasteiger partial charge in [-0.1, -0.05) is 49.9 Å². The summed E-state index contributed by atoms with van der Waals surface area (Å²) < 4.78 is 34.5. The minimum Gasteiger partial charge on any atom is -0.486 e. The van der Waals surface area contributed by atoms with Crippen molar-refractivity contribution in [1.82, 2.24) is 14.5 Å². The molecule has 41 heavy (non-hydrogen) atoms. The number of aliphatic hydroxyl groups is 1. The third-order valence-corrected chi connectivity index (χ3v) is 9.88. The number of hydrogen-bond donors (Lipinski definition) is 3. The molecule has 3 atom stereocenters. The molecule has 2 aromatic carbocycles. The molecule has 1 saturated carbocycles. The van der Waals surface area contributed by atoms with E-state index in [4.69, 9.17) is 4.74 Å². The number of fused-ring (bicyclic) bond motifs is 1. The fourth-order valence-electron chi connectivity index (χ4n) is 5.39. The van der Waals surface area contributed by atoms with Gasteiger partial charge in [0.25, 0.3) is 5.91 Å². The quantitative estimate of drug-likeness (QED) is 0.429. The predicted molar refractivity (Wildman–Crippen MR) is 158 cm³/mol. The molecular formula is C30H42N4O6S. The van der Waals surface area contributed by atoms with Gasteiger partial charge in [-0.3, -0.25) is 4.79 Å². The summed E-state index contributed by atoms with van der Waals surface area (Å²) in [5.41, 5.74) is 1.51. The van der Waals surface area contributed by atoms with Crippen molar-refractivity contribution in [1.29, 1.82) is 0 Å². The number of carbonyl (C=O) groups is 2. The van der Waals surface area contributed by atoms with Gasteiger partial charge in [0, 0.05) is 25.6 Å². The molecule has 2 aliphatic rings. The number of ether oxygens (including phenoxy) is 1. The number of nitrogens with zero attached hydrogens (tertiary/aromatic N) is 2. The Morgan fingerprint density at radius 2 is 1.83 bits per heavy atom. The summed E-state index contributed by atoms with van der Waals surface area (Å²) >= 11 is 0. The number of hydrogen-bond acceptors (Lipinski definition) is 6. The van der Waals surface area contributed by atoms with E-state index in [1.165, 1.54) is 17.8 Å². The van der Waals surface area contributed by atoms with E-state index in [2.05, 4.69) is 10.6 Å². The average molecular weight is 587 g/mol. The highest BCUT2D eigenvalue weighted by Gasteiger charge is 2.36. The molecule has 0 radical (unpaired) electrons. The number of benzene rings is 2. The number of aryl methyl sites for hydroxylation is 1. The normalized spacial score (nSPS) is 20.9. The minimum atomic E-state index is -3.81. The van der Waals surface area contributed by atoms with E-state index >= 15 is 0 Å². The molecule has 1 aliphatic heterocycles. The van der Waals surface area contributed by atoms with Crippen LogP contribution < -0.4 is 15.4 Å². The van der Waals surface area contributed by atoms with E-state index in [-0.39, 0.29) is 59.8 Å². The average Bonchev–Trinajstić information content (AvgIpc) is 2.95. The Kier molecular flexibility index (Phi) is 9.93. The highest BCUT2D eigenvalue weighted by Crippen LogP contribution is 2.35. The first-order valence-corrected chi connectivity index (χ1v) is 15.8. The number of rotatable bonds is 8. The maximum atomic E-state index is 13.7. The van der Waals surface area contributed by atoms with Crippen LogP contribution in [-0.4, -0.2) is 79.6 Å². The van der Waals surface area contributed by atoms with Crippen LogP contribution in [0, 0.1) is 12.8 Å². The Morgan fingerprint density at radius 3 is 2.49 bits per heavy atom. The van der Waals surface area contributed by atoms with E-state index < -0.39 is 22.2 Å². The zero-order valence-corrected chi connectivity index (χ0v) is 25.1. The summed E-state index contributed by atoms with van der Waals surface area (Å²) in [4.78, 5) is 28.4. The summed E-state index contributed by atoms with van der Waals surface area (Å²) in [7, 11) is -2.31. The number of nitrogens with one attached hydrogen (secondary N) is 2. The summed E-state index contributed by atoms with van der Waals surface area (Å²) in [5.74, 6) is -0.450. The topological polar surface area (TPSA) is 128 Å². The van der Waals surface area contributed by atoms with E-state index in [0.717, 1.165) is 31.2 Å². The van der Waals surface area contributed by atoms with Crippen LogP contribution >= 0.6 is 0 Å². The molecule has 1 fully saturated rings. The van der Waals surface area contributed by atoms with Crippen molar-refractivity contribution in [3.8, 4) is 5.75 Å². The highest BCUT2D eigenvalue weighted by atomic mass is 32.2. The summed E-state index contributed by atoms with van der Waals surface area (Å²) in [6.45, 7) is 5.57. The fourth-order valence-corrected chi connectivity index (χ4v) is 6.58. The molecule has 0 unspecified atom stereocenters. The SMILES string of the molecule is Cc1ccc(S(=O)(=O)N(C)C[C@H]2Oc3c(NC(=O)NC4CCCCC4)cccc3C(=O)N([C@H](C)CO)C[C@@H]2C)cc1. The second-order valence-electron chi connectivity index (χ2n) is 11.3. The van der Waals surface area contributed by atoms with Crippen LogP contribution in [0.5, 0.6) is 5.75 Å². The number of anilines is 1. The molecular weight excluding hydrogens is 544 g/mol. The number of likely N-dealkylation sites (N-methyl/N-ethyl adjacent to an activating group) is 1. The molecule has 4 rings (SSSR count). The summed E-state index contributed by atoms with van der Waals surface area (Å²) in [6.07, 6.45) is 4.49. The van der Waals surface area contributed by atoms with Gasteiger partial charge in [0.1, 0.15) is 6.10 Å². The Labute approximate surface area is 243 Å². The van der Waals surface area contributed by atoms with Gasteiger partial charge in [0.2, 0.25) is 10.0 Å². The van der Waals surface area contributed by atoms with Gasteiger partial charge in [-0.25, -0.2) is 13.2 Å². The predicted octanol–water partition coefficient (Wildman–Crippen LogP) is 3.99. The van der Waals surface area contributed by atoms with Gasteiger partial charge in [-0.2, -0.15) is 4.31 Å². The number of aliphatic hydroxyl groups excluding tert-OH is 1. The molecule has 2 aromatic rings. The number of sulfonamides is 1. The number of para-hydroxylation sites is 1. The fraction of sp³-hybridized carbons (Fsp3) is 0.533. The maximum absolute atomic E-state index is 13.7. The monoisotopic (exact) mass is 586 g/mol. The van der Waals surface area contributed by atoms with Crippen molar-refractivity contribution in [2.24, 2.45) is 5.92 Å². The van der Waals surface area contributed by atoms with E-state index in [9.17, 15) is 23.1 Å². The third-order valence-electron chi connectivity index (χ3n) is 8.05. The Balaban J connectivity index is 1.65. The van der Waals surface area contributed by atoms with Gasteiger partial charge >= 0.3 is 6.03 Å². The molecule has 1 heterocycles. The van der Waals surface area contributed by atoms with Gasteiger partial charge in [0.05, 0.1) is 35.3 Å². The van der Waals surface area contributed by atoms with Crippen LogP contribution in [0.25, 0.3) is 0 Å². The number of carbonyl (C=O) groups excluding carboxylic acids is 2. The number of amides is 3. The Hall–Kier alpha value is -3.15. The second-order valence-corrected chi connectivity index (χ2v) is 13.4. The van der Waals surface area contributed by atoms with Crippen molar-refractivity contribution in [3.63, 3.8) is 0 Å². The molecule has 224 valence electrons. The van der Waals surface area contributed by atoms with Crippen LogP contribution in [0.15, 0.2) is 47.4 Å². The molecule has 11 heteroatoms.